The normalized spacial score (nSPS) is 23.4. The number of benzene rings is 1. The van der Waals surface area contributed by atoms with Crippen molar-refractivity contribution in [2.75, 3.05) is 20.2 Å². The SMILES string of the molecule is CCC[C@]1(C(=O)O)CCN(C(=O)c2c(F)cc(OC)cc2F)C[C@@H]1O. The van der Waals surface area contributed by atoms with Crippen molar-refractivity contribution in [1.82, 2.24) is 4.90 Å². The van der Waals surface area contributed by atoms with Gasteiger partial charge >= 0.3 is 5.97 Å². The van der Waals surface area contributed by atoms with Crippen LogP contribution in [0.3, 0.4) is 0 Å². The summed E-state index contributed by atoms with van der Waals surface area (Å²) in [4.78, 5) is 25.2. The number of hydrogen-bond donors (Lipinski definition) is 2. The van der Waals surface area contributed by atoms with E-state index < -0.39 is 40.6 Å². The van der Waals surface area contributed by atoms with Crippen LogP contribution < -0.4 is 4.74 Å². The van der Waals surface area contributed by atoms with Crippen molar-refractivity contribution in [2.24, 2.45) is 5.41 Å². The van der Waals surface area contributed by atoms with Crippen molar-refractivity contribution in [1.29, 1.82) is 0 Å². The number of aliphatic hydroxyl groups is 1. The molecule has 8 heteroatoms. The largest absolute Gasteiger partial charge is 0.497 e. The Morgan fingerprint density at radius 3 is 2.40 bits per heavy atom. The van der Waals surface area contributed by atoms with Gasteiger partial charge in [0.1, 0.15) is 22.9 Å². The Bertz CT molecular complexity index is 658. The maximum absolute atomic E-state index is 14.1. The number of nitrogens with zero attached hydrogens (tertiary/aromatic N) is 1. The van der Waals surface area contributed by atoms with E-state index in [0.29, 0.717) is 6.42 Å². The monoisotopic (exact) mass is 357 g/mol. The van der Waals surface area contributed by atoms with Gasteiger partial charge in [0.25, 0.3) is 5.91 Å². The van der Waals surface area contributed by atoms with E-state index in [4.69, 9.17) is 4.74 Å². The molecule has 1 saturated heterocycles. The molecule has 2 N–H and O–H groups in total. The first-order chi connectivity index (χ1) is 11.8. The second kappa shape index (κ2) is 7.35. The standard InChI is InChI=1S/C17H21F2NO5/c1-3-4-17(16(23)24)5-6-20(9-13(17)21)15(22)14-11(18)7-10(25-2)8-12(14)19/h7-8,13,21H,3-6,9H2,1-2H3,(H,23,24)/t13-,17-/m0/s1. The molecule has 25 heavy (non-hydrogen) atoms. The second-order valence-corrected chi connectivity index (χ2v) is 6.19. The number of carboxylic acid groups (broad SMARTS) is 1. The fourth-order valence-corrected chi connectivity index (χ4v) is 3.28. The molecule has 1 aliphatic rings. The molecule has 0 saturated carbocycles. The maximum atomic E-state index is 14.1. The molecule has 1 aromatic rings. The summed E-state index contributed by atoms with van der Waals surface area (Å²) in [5.74, 6) is -4.25. The van der Waals surface area contributed by atoms with Crippen LogP contribution in [0, 0.1) is 17.0 Å². The minimum Gasteiger partial charge on any atom is -0.497 e. The topological polar surface area (TPSA) is 87.1 Å². The Hall–Kier alpha value is -2.22. The maximum Gasteiger partial charge on any atom is 0.312 e. The van der Waals surface area contributed by atoms with Gasteiger partial charge in [-0.2, -0.15) is 0 Å². The molecule has 1 fully saturated rings. The highest BCUT2D eigenvalue weighted by Crippen LogP contribution is 2.37. The molecule has 1 aromatic carbocycles. The van der Waals surface area contributed by atoms with Gasteiger partial charge in [0, 0.05) is 25.2 Å². The second-order valence-electron chi connectivity index (χ2n) is 6.19. The van der Waals surface area contributed by atoms with Crippen LogP contribution in [0.5, 0.6) is 5.75 Å². The molecule has 0 aromatic heterocycles. The summed E-state index contributed by atoms with van der Waals surface area (Å²) < 4.78 is 32.9. The third kappa shape index (κ3) is 3.44. The van der Waals surface area contributed by atoms with E-state index in [2.05, 4.69) is 0 Å². The summed E-state index contributed by atoms with van der Waals surface area (Å²) in [6.07, 6.45) is -0.481. The number of ether oxygens (including phenoxy) is 1. The van der Waals surface area contributed by atoms with E-state index in [-0.39, 0.29) is 31.7 Å². The third-order valence-electron chi connectivity index (χ3n) is 4.73. The number of rotatable bonds is 5. The van der Waals surface area contributed by atoms with Gasteiger partial charge in [-0.05, 0) is 12.8 Å². The van der Waals surface area contributed by atoms with Crippen molar-refractivity contribution in [2.45, 2.75) is 32.3 Å². The third-order valence-corrected chi connectivity index (χ3v) is 4.73. The van der Waals surface area contributed by atoms with Crippen LogP contribution in [0.1, 0.15) is 36.5 Å². The van der Waals surface area contributed by atoms with E-state index >= 15 is 0 Å². The summed E-state index contributed by atoms with van der Waals surface area (Å²) >= 11 is 0. The molecule has 1 amide bonds. The van der Waals surface area contributed by atoms with Crippen LogP contribution in [0.4, 0.5) is 8.78 Å². The Morgan fingerprint density at radius 1 is 1.36 bits per heavy atom. The molecule has 1 aliphatic heterocycles. The van der Waals surface area contributed by atoms with E-state index in [1.807, 2.05) is 0 Å². The molecule has 0 bridgehead atoms. The number of carbonyl (C=O) groups excluding carboxylic acids is 1. The minimum atomic E-state index is -1.34. The van der Waals surface area contributed by atoms with Crippen LogP contribution in [-0.4, -0.2) is 53.3 Å². The van der Waals surface area contributed by atoms with Gasteiger partial charge in [-0.1, -0.05) is 13.3 Å². The number of β-amino-alcohol motifs (C(OH)–C–C–N with tert-alkyl or cyclic N) is 1. The number of carboxylic acids is 1. The molecular weight excluding hydrogens is 336 g/mol. The van der Waals surface area contributed by atoms with E-state index in [0.717, 1.165) is 17.0 Å². The molecule has 2 atom stereocenters. The average molecular weight is 357 g/mol. The Kier molecular flexibility index (Phi) is 5.62. The van der Waals surface area contributed by atoms with Crippen LogP contribution in [0.25, 0.3) is 0 Å². The van der Waals surface area contributed by atoms with Gasteiger partial charge in [0.2, 0.25) is 0 Å². The smallest absolute Gasteiger partial charge is 0.312 e. The number of amides is 1. The van der Waals surface area contributed by atoms with Gasteiger partial charge in [0.05, 0.1) is 18.6 Å². The van der Waals surface area contributed by atoms with Crippen LogP contribution in [0.15, 0.2) is 12.1 Å². The summed E-state index contributed by atoms with van der Waals surface area (Å²) in [6, 6.07) is 1.80. The number of aliphatic hydroxyl groups excluding tert-OH is 1. The molecule has 1 heterocycles. The molecular formula is C17H21F2NO5. The Balaban J connectivity index is 2.25. The van der Waals surface area contributed by atoms with Gasteiger partial charge < -0.3 is 19.8 Å². The molecule has 6 nitrogen and oxygen atoms in total. The summed E-state index contributed by atoms with van der Waals surface area (Å²) in [7, 11) is 1.25. The van der Waals surface area contributed by atoms with Crippen LogP contribution in [0.2, 0.25) is 0 Å². The molecule has 0 radical (unpaired) electrons. The highest BCUT2D eigenvalue weighted by Gasteiger charge is 2.49. The van der Waals surface area contributed by atoms with Gasteiger partial charge in [-0.25, -0.2) is 8.78 Å². The van der Waals surface area contributed by atoms with Gasteiger partial charge in [-0.15, -0.1) is 0 Å². The average Bonchev–Trinajstić information content (AvgIpc) is 2.55. The van der Waals surface area contributed by atoms with Crippen LogP contribution >= 0.6 is 0 Å². The lowest BCUT2D eigenvalue weighted by atomic mass is 9.72. The Morgan fingerprint density at radius 2 is 1.96 bits per heavy atom. The number of aliphatic carboxylic acids is 1. The van der Waals surface area contributed by atoms with Crippen molar-refractivity contribution in [3.8, 4) is 5.75 Å². The van der Waals surface area contributed by atoms with E-state index in [1.54, 1.807) is 6.92 Å². The molecule has 2 rings (SSSR count). The number of carbonyl (C=O) groups is 2. The molecule has 0 spiro atoms. The van der Waals surface area contributed by atoms with Crippen molar-refractivity contribution < 1.29 is 33.3 Å². The zero-order valence-corrected chi connectivity index (χ0v) is 14.1. The fourth-order valence-electron chi connectivity index (χ4n) is 3.28. The summed E-state index contributed by atoms with van der Waals surface area (Å²) in [5.41, 5.74) is -2.09. The quantitative estimate of drug-likeness (QED) is 0.842. The first kappa shape index (κ1) is 19.1. The predicted octanol–water partition coefficient (Wildman–Crippen LogP) is 2.05. The van der Waals surface area contributed by atoms with Crippen molar-refractivity contribution in [3.05, 3.63) is 29.3 Å². The molecule has 0 unspecified atom stereocenters. The lowest BCUT2D eigenvalue weighted by Crippen LogP contribution is -2.56. The zero-order valence-electron chi connectivity index (χ0n) is 14.1. The lowest BCUT2D eigenvalue weighted by Gasteiger charge is -2.42. The molecule has 138 valence electrons. The molecule has 0 aliphatic carbocycles. The highest BCUT2D eigenvalue weighted by atomic mass is 19.1. The summed E-state index contributed by atoms with van der Waals surface area (Å²) in [5, 5.41) is 19.8. The summed E-state index contributed by atoms with van der Waals surface area (Å²) in [6.45, 7) is 1.50. The van der Waals surface area contributed by atoms with E-state index in [1.165, 1.54) is 7.11 Å². The van der Waals surface area contributed by atoms with Crippen molar-refractivity contribution >= 4 is 11.9 Å². The number of halogens is 2. The Labute approximate surface area is 144 Å². The lowest BCUT2D eigenvalue weighted by molar-refractivity contribution is -0.162. The fraction of sp³-hybridized carbons (Fsp3) is 0.529. The zero-order chi connectivity index (χ0) is 18.8. The number of methoxy groups -OCH3 is 1. The minimum absolute atomic E-state index is 0.00684. The van der Waals surface area contributed by atoms with Crippen LogP contribution in [-0.2, 0) is 4.79 Å². The number of piperidine rings is 1. The first-order valence-corrected chi connectivity index (χ1v) is 8.00. The predicted molar refractivity (Wildman–Crippen MR) is 84.4 cm³/mol. The van der Waals surface area contributed by atoms with Gasteiger partial charge in [-0.3, -0.25) is 9.59 Å². The van der Waals surface area contributed by atoms with E-state index in [9.17, 15) is 28.6 Å². The first-order valence-electron chi connectivity index (χ1n) is 8.00. The van der Waals surface area contributed by atoms with Gasteiger partial charge in [0.15, 0.2) is 0 Å². The van der Waals surface area contributed by atoms with Crippen molar-refractivity contribution in [3.63, 3.8) is 0 Å². The number of likely N-dealkylation sites (tertiary alicyclic amines) is 1. The highest BCUT2D eigenvalue weighted by molar-refractivity contribution is 5.95. The number of hydrogen-bond acceptors (Lipinski definition) is 4.